The molecule has 0 unspecified atom stereocenters. The molecule has 0 aliphatic heterocycles. The maximum atomic E-state index is 10.9. The first kappa shape index (κ1) is 15.0. The van der Waals surface area contributed by atoms with Gasteiger partial charge in [0.25, 0.3) is 0 Å². The van der Waals surface area contributed by atoms with Crippen LogP contribution in [0.15, 0.2) is 59.6 Å². The van der Waals surface area contributed by atoms with Gasteiger partial charge in [0.1, 0.15) is 0 Å². The summed E-state index contributed by atoms with van der Waals surface area (Å²) >= 11 is 5.85. The molecule has 0 heterocycles. The molecule has 0 saturated carbocycles. The summed E-state index contributed by atoms with van der Waals surface area (Å²) in [5.41, 5.74) is 0.417. The van der Waals surface area contributed by atoms with Crippen LogP contribution in [-0.4, -0.2) is 16.2 Å². The Morgan fingerprint density at radius 1 is 1.09 bits per heavy atom. The highest BCUT2D eigenvalue weighted by molar-refractivity contribution is 6.31. The zero-order chi connectivity index (χ0) is 16.4. The molecule has 0 atom stereocenters. The maximum Gasteiger partial charge on any atom is 0.312 e. The number of fused-ring (bicyclic) bond motifs is 1. The number of benzene rings is 3. The van der Waals surface area contributed by atoms with Gasteiger partial charge < -0.3 is 5.11 Å². The van der Waals surface area contributed by atoms with Crippen LogP contribution in [0.4, 0.5) is 11.4 Å². The number of phenolic OH excluding ortho intramolecular Hbond substituents is 1. The predicted octanol–water partition coefficient (Wildman–Crippen LogP) is 4.86. The van der Waals surface area contributed by atoms with E-state index < -0.39 is 16.4 Å². The van der Waals surface area contributed by atoms with Crippen LogP contribution in [0.25, 0.3) is 10.8 Å². The zero-order valence-electron chi connectivity index (χ0n) is 11.8. The monoisotopic (exact) mass is 326 g/mol. The number of nitrogens with zero attached hydrogens (tertiary/aromatic N) is 2. The summed E-state index contributed by atoms with van der Waals surface area (Å²) in [5.74, 6) is -0.455. The SMILES string of the molecule is O=[N+]([O-])c1cc(Cl)cc(C=Nc2ccc3ccccc3c2)c1O. The standard InChI is InChI=1S/C17H11ClN2O3/c18-14-7-13(17(21)16(9-14)20(22)23)10-19-15-6-5-11-3-1-2-4-12(11)8-15/h1-10,21H. The Morgan fingerprint density at radius 2 is 1.83 bits per heavy atom. The molecule has 6 heteroatoms. The molecule has 1 N–H and O–H groups in total. The number of phenols is 1. The minimum atomic E-state index is -0.686. The van der Waals surface area contributed by atoms with Gasteiger partial charge in [-0.25, -0.2) is 0 Å². The van der Waals surface area contributed by atoms with Crippen molar-refractivity contribution >= 4 is 40.0 Å². The van der Waals surface area contributed by atoms with Gasteiger partial charge in [-0.05, 0) is 29.0 Å². The summed E-state index contributed by atoms with van der Waals surface area (Å²) in [6.45, 7) is 0. The third kappa shape index (κ3) is 3.14. The second kappa shape index (κ2) is 6.06. The fourth-order valence-electron chi connectivity index (χ4n) is 2.24. The number of nitro benzene ring substituents is 1. The summed E-state index contributed by atoms with van der Waals surface area (Å²) in [4.78, 5) is 14.5. The minimum Gasteiger partial charge on any atom is -0.502 e. The van der Waals surface area contributed by atoms with Gasteiger partial charge in [-0.1, -0.05) is 41.9 Å². The second-order valence-corrected chi connectivity index (χ2v) is 5.35. The van der Waals surface area contributed by atoms with E-state index in [4.69, 9.17) is 11.6 Å². The molecule has 0 amide bonds. The van der Waals surface area contributed by atoms with E-state index in [1.807, 2.05) is 42.5 Å². The smallest absolute Gasteiger partial charge is 0.312 e. The Kier molecular flexibility index (Phi) is 3.95. The van der Waals surface area contributed by atoms with Crippen molar-refractivity contribution in [2.45, 2.75) is 0 Å². The Bertz CT molecular complexity index is 938. The van der Waals surface area contributed by atoms with Crippen LogP contribution in [0.2, 0.25) is 5.02 Å². The quantitative estimate of drug-likeness (QED) is 0.424. The van der Waals surface area contributed by atoms with Crippen molar-refractivity contribution in [3.63, 3.8) is 0 Å². The molecule has 3 rings (SSSR count). The normalized spacial score (nSPS) is 11.2. The Hall–Kier alpha value is -2.92. The Morgan fingerprint density at radius 3 is 2.57 bits per heavy atom. The molecular weight excluding hydrogens is 316 g/mol. The van der Waals surface area contributed by atoms with Crippen molar-refractivity contribution in [1.82, 2.24) is 0 Å². The molecule has 0 aliphatic rings. The van der Waals surface area contributed by atoms with E-state index in [0.29, 0.717) is 5.69 Å². The average molecular weight is 327 g/mol. The molecule has 5 nitrogen and oxygen atoms in total. The highest BCUT2D eigenvalue weighted by Gasteiger charge is 2.17. The van der Waals surface area contributed by atoms with Crippen molar-refractivity contribution in [3.8, 4) is 5.75 Å². The van der Waals surface area contributed by atoms with Gasteiger partial charge in [0.15, 0.2) is 0 Å². The average Bonchev–Trinajstić information content (AvgIpc) is 2.55. The molecule has 0 fully saturated rings. The highest BCUT2D eigenvalue weighted by Crippen LogP contribution is 2.32. The summed E-state index contributed by atoms with van der Waals surface area (Å²) < 4.78 is 0. The lowest BCUT2D eigenvalue weighted by molar-refractivity contribution is -0.385. The third-order valence-corrected chi connectivity index (χ3v) is 3.58. The first-order valence-corrected chi connectivity index (χ1v) is 7.12. The van der Waals surface area contributed by atoms with Crippen molar-refractivity contribution in [2.75, 3.05) is 0 Å². The van der Waals surface area contributed by atoms with Crippen LogP contribution >= 0.6 is 11.6 Å². The first-order chi connectivity index (χ1) is 11.0. The number of rotatable bonds is 3. The largest absolute Gasteiger partial charge is 0.502 e. The van der Waals surface area contributed by atoms with E-state index in [0.717, 1.165) is 16.8 Å². The third-order valence-electron chi connectivity index (χ3n) is 3.37. The van der Waals surface area contributed by atoms with Gasteiger partial charge in [-0.15, -0.1) is 0 Å². The van der Waals surface area contributed by atoms with Crippen molar-refractivity contribution in [2.24, 2.45) is 4.99 Å². The van der Waals surface area contributed by atoms with Crippen LogP contribution in [-0.2, 0) is 0 Å². The molecule has 0 bridgehead atoms. The van der Waals surface area contributed by atoms with Crippen molar-refractivity contribution in [1.29, 1.82) is 0 Å². The molecule has 114 valence electrons. The number of aliphatic imine (C=N–C) groups is 1. The second-order valence-electron chi connectivity index (χ2n) is 4.91. The summed E-state index contributed by atoms with van der Waals surface area (Å²) in [6, 6.07) is 16.0. The number of hydrogen-bond acceptors (Lipinski definition) is 4. The molecular formula is C17H11ClN2O3. The molecule has 0 saturated heterocycles. The molecule has 23 heavy (non-hydrogen) atoms. The van der Waals surface area contributed by atoms with E-state index >= 15 is 0 Å². The van der Waals surface area contributed by atoms with Gasteiger partial charge in [-0.2, -0.15) is 0 Å². The lowest BCUT2D eigenvalue weighted by Crippen LogP contribution is -1.92. The molecule has 0 aromatic heterocycles. The fourth-order valence-corrected chi connectivity index (χ4v) is 2.47. The predicted molar refractivity (Wildman–Crippen MR) is 91.0 cm³/mol. The van der Waals surface area contributed by atoms with Gasteiger partial charge in [0.2, 0.25) is 5.75 Å². The van der Waals surface area contributed by atoms with E-state index in [1.165, 1.54) is 12.3 Å². The van der Waals surface area contributed by atoms with Crippen LogP contribution in [0.3, 0.4) is 0 Å². The molecule has 0 spiro atoms. The Balaban J connectivity index is 2.00. The number of aromatic hydroxyl groups is 1. The molecule has 3 aromatic carbocycles. The number of halogens is 1. The first-order valence-electron chi connectivity index (χ1n) is 6.74. The lowest BCUT2D eigenvalue weighted by atomic mass is 10.1. The minimum absolute atomic E-state index is 0.162. The van der Waals surface area contributed by atoms with E-state index in [-0.39, 0.29) is 10.6 Å². The summed E-state index contributed by atoms with van der Waals surface area (Å²) in [5, 5.41) is 23.1. The molecule has 0 aliphatic carbocycles. The topological polar surface area (TPSA) is 75.7 Å². The van der Waals surface area contributed by atoms with Crippen molar-refractivity contribution in [3.05, 3.63) is 75.3 Å². The number of hydrogen-bond donors (Lipinski definition) is 1. The van der Waals surface area contributed by atoms with E-state index in [9.17, 15) is 15.2 Å². The molecule has 0 radical (unpaired) electrons. The van der Waals surface area contributed by atoms with E-state index in [1.54, 1.807) is 0 Å². The number of nitro groups is 1. The molecule has 3 aromatic rings. The van der Waals surface area contributed by atoms with Crippen molar-refractivity contribution < 1.29 is 10.0 Å². The fraction of sp³-hybridized carbons (Fsp3) is 0. The lowest BCUT2D eigenvalue weighted by Gasteiger charge is -2.02. The van der Waals surface area contributed by atoms with Crippen LogP contribution in [0.5, 0.6) is 5.75 Å². The van der Waals surface area contributed by atoms with Gasteiger partial charge >= 0.3 is 5.69 Å². The highest BCUT2D eigenvalue weighted by atomic mass is 35.5. The van der Waals surface area contributed by atoms with Crippen LogP contribution in [0.1, 0.15) is 5.56 Å². The van der Waals surface area contributed by atoms with Gasteiger partial charge in [0, 0.05) is 22.9 Å². The van der Waals surface area contributed by atoms with Gasteiger partial charge in [-0.3, -0.25) is 15.1 Å². The maximum absolute atomic E-state index is 10.9. The summed E-state index contributed by atoms with van der Waals surface area (Å²) in [6.07, 6.45) is 1.36. The van der Waals surface area contributed by atoms with Gasteiger partial charge in [0.05, 0.1) is 10.6 Å². The van der Waals surface area contributed by atoms with Crippen LogP contribution in [0, 0.1) is 10.1 Å². The van der Waals surface area contributed by atoms with E-state index in [2.05, 4.69) is 4.99 Å². The summed E-state index contributed by atoms with van der Waals surface area (Å²) in [7, 11) is 0. The van der Waals surface area contributed by atoms with Crippen LogP contribution < -0.4 is 0 Å². The Labute approximate surface area is 136 Å². The zero-order valence-corrected chi connectivity index (χ0v) is 12.6.